The fourth-order valence-corrected chi connectivity index (χ4v) is 2.79. The average Bonchev–Trinajstić information content (AvgIpc) is 2.15. The quantitative estimate of drug-likeness (QED) is 0.615. The summed E-state index contributed by atoms with van der Waals surface area (Å²) in [6, 6.07) is 0. The molecule has 0 saturated carbocycles. The van der Waals surface area contributed by atoms with Crippen LogP contribution in [0.25, 0.3) is 0 Å². The first kappa shape index (κ1) is 11.3. The fraction of sp³-hybridized carbons (Fsp3) is 1.00. The molecule has 2 fully saturated rings. The standard InChI is InChI=1S/C11H20O4/c1-8-11(9(2)14-7-13-8)5-12-6-15-10(11,3)4/h8-9H,5-7H2,1-4H3. The summed E-state index contributed by atoms with van der Waals surface area (Å²) in [5.41, 5.74) is -0.506. The maximum Gasteiger partial charge on any atom is 0.147 e. The molecule has 2 unspecified atom stereocenters. The highest BCUT2D eigenvalue weighted by Gasteiger charge is 2.58. The third-order valence-electron chi connectivity index (χ3n) is 4.05. The van der Waals surface area contributed by atoms with Gasteiger partial charge in [0.1, 0.15) is 13.6 Å². The van der Waals surface area contributed by atoms with Crippen molar-refractivity contribution in [3.63, 3.8) is 0 Å². The van der Waals surface area contributed by atoms with Gasteiger partial charge in [-0.3, -0.25) is 0 Å². The third-order valence-corrected chi connectivity index (χ3v) is 4.05. The van der Waals surface area contributed by atoms with Gasteiger partial charge in [-0.2, -0.15) is 0 Å². The van der Waals surface area contributed by atoms with Crippen LogP contribution in [0.5, 0.6) is 0 Å². The van der Waals surface area contributed by atoms with Crippen molar-refractivity contribution in [3.05, 3.63) is 0 Å². The van der Waals surface area contributed by atoms with Gasteiger partial charge < -0.3 is 18.9 Å². The summed E-state index contributed by atoms with van der Waals surface area (Å²) in [6.45, 7) is 9.65. The summed E-state index contributed by atoms with van der Waals surface area (Å²) in [7, 11) is 0. The van der Waals surface area contributed by atoms with Gasteiger partial charge in [0, 0.05) is 0 Å². The molecule has 2 atom stereocenters. The zero-order chi connectivity index (χ0) is 11.1. The van der Waals surface area contributed by atoms with Crippen LogP contribution in [-0.2, 0) is 18.9 Å². The SMILES string of the molecule is CC1OCOC(C)C12COCOC2(C)C. The summed E-state index contributed by atoms with van der Waals surface area (Å²) in [5.74, 6) is 0. The lowest BCUT2D eigenvalue weighted by Gasteiger charge is -2.56. The van der Waals surface area contributed by atoms with Crippen LogP contribution in [0, 0.1) is 5.41 Å². The molecule has 0 aromatic rings. The van der Waals surface area contributed by atoms with Crippen LogP contribution in [-0.4, -0.2) is 38.0 Å². The molecule has 0 aliphatic carbocycles. The highest BCUT2D eigenvalue weighted by molar-refractivity contribution is 5.05. The van der Waals surface area contributed by atoms with E-state index in [9.17, 15) is 0 Å². The molecule has 2 aliphatic heterocycles. The van der Waals surface area contributed by atoms with Crippen molar-refractivity contribution >= 4 is 0 Å². The Labute approximate surface area is 90.8 Å². The Morgan fingerprint density at radius 1 is 1.00 bits per heavy atom. The molecule has 0 radical (unpaired) electrons. The Morgan fingerprint density at radius 2 is 1.60 bits per heavy atom. The summed E-state index contributed by atoms with van der Waals surface area (Å²) < 4.78 is 22.4. The number of hydrogen-bond donors (Lipinski definition) is 0. The van der Waals surface area contributed by atoms with Crippen molar-refractivity contribution in [1.82, 2.24) is 0 Å². The Hall–Kier alpha value is -0.160. The molecule has 0 bridgehead atoms. The molecule has 1 spiro atoms. The third kappa shape index (κ3) is 1.51. The van der Waals surface area contributed by atoms with Crippen LogP contribution in [0.3, 0.4) is 0 Å². The van der Waals surface area contributed by atoms with E-state index in [1.807, 2.05) is 0 Å². The van der Waals surface area contributed by atoms with Crippen LogP contribution in [0.1, 0.15) is 27.7 Å². The van der Waals surface area contributed by atoms with Crippen molar-refractivity contribution in [2.75, 3.05) is 20.2 Å². The molecule has 2 aliphatic rings. The lowest BCUT2D eigenvalue weighted by atomic mass is 9.66. The minimum absolute atomic E-state index is 0.0801. The minimum Gasteiger partial charge on any atom is -0.354 e. The zero-order valence-electron chi connectivity index (χ0n) is 9.91. The predicted octanol–water partition coefficient (Wildman–Crippen LogP) is 1.54. The number of ether oxygens (including phenoxy) is 4. The highest BCUT2D eigenvalue weighted by Crippen LogP contribution is 2.47. The van der Waals surface area contributed by atoms with E-state index < -0.39 is 0 Å². The van der Waals surface area contributed by atoms with Crippen LogP contribution in [0.15, 0.2) is 0 Å². The van der Waals surface area contributed by atoms with Crippen molar-refractivity contribution < 1.29 is 18.9 Å². The van der Waals surface area contributed by atoms with Crippen LogP contribution < -0.4 is 0 Å². The van der Waals surface area contributed by atoms with E-state index in [1.165, 1.54) is 0 Å². The van der Waals surface area contributed by atoms with E-state index in [2.05, 4.69) is 27.7 Å². The smallest absolute Gasteiger partial charge is 0.147 e. The highest BCUT2D eigenvalue weighted by atomic mass is 16.7. The van der Waals surface area contributed by atoms with Crippen molar-refractivity contribution in [1.29, 1.82) is 0 Å². The summed E-state index contributed by atoms with van der Waals surface area (Å²) in [4.78, 5) is 0. The Balaban J connectivity index is 2.34. The van der Waals surface area contributed by atoms with E-state index >= 15 is 0 Å². The molecule has 4 heteroatoms. The predicted molar refractivity (Wildman–Crippen MR) is 54.4 cm³/mol. The molecule has 2 rings (SSSR count). The second-order valence-corrected chi connectivity index (χ2v) is 4.90. The largest absolute Gasteiger partial charge is 0.354 e. The lowest BCUT2D eigenvalue weighted by molar-refractivity contribution is -0.348. The van der Waals surface area contributed by atoms with E-state index in [0.29, 0.717) is 20.2 Å². The van der Waals surface area contributed by atoms with Gasteiger partial charge in [-0.1, -0.05) is 0 Å². The molecule has 2 saturated heterocycles. The van der Waals surface area contributed by atoms with Crippen LogP contribution in [0.2, 0.25) is 0 Å². The van der Waals surface area contributed by atoms with Crippen molar-refractivity contribution in [2.45, 2.75) is 45.5 Å². The van der Waals surface area contributed by atoms with E-state index in [0.717, 1.165) is 0 Å². The fourth-order valence-electron chi connectivity index (χ4n) is 2.79. The molecule has 0 aromatic carbocycles. The topological polar surface area (TPSA) is 36.9 Å². The summed E-state index contributed by atoms with van der Waals surface area (Å²) in [6.07, 6.45) is 0.160. The van der Waals surface area contributed by atoms with Gasteiger partial charge in [-0.05, 0) is 27.7 Å². The normalized spacial score (nSPS) is 45.6. The van der Waals surface area contributed by atoms with Crippen LogP contribution in [0.4, 0.5) is 0 Å². The van der Waals surface area contributed by atoms with Gasteiger partial charge >= 0.3 is 0 Å². The average molecular weight is 216 g/mol. The van der Waals surface area contributed by atoms with Gasteiger partial charge in [-0.25, -0.2) is 0 Å². The molecule has 0 N–H and O–H groups in total. The second-order valence-electron chi connectivity index (χ2n) is 4.90. The Kier molecular flexibility index (Phi) is 2.79. The molecular weight excluding hydrogens is 196 g/mol. The van der Waals surface area contributed by atoms with Crippen molar-refractivity contribution in [2.24, 2.45) is 5.41 Å². The van der Waals surface area contributed by atoms with E-state index in [-0.39, 0.29) is 23.2 Å². The second kappa shape index (κ2) is 3.70. The first-order valence-electron chi connectivity index (χ1n) is 5.45. The first-order valence-corrected chi connectivity index (χ1v) is 5.45. The monoisotopic (exact) mass is 216 g/mol. The molecule has 0 amide bonds. The van der Waals surface area contributed by atoms with Gasteiger partial charge in [0.15, 0.2) is 0 Å². The maximum atomic E-state index is 5.72. The molecule has 0 aromatic heterocycles. The first-order chi connectivity index (χ1) is 7.01. The van der Waals surface area contributed by atoms with Gasteiger partial charge in [-0.15, -0.1) is 0 Å². The molecule has 2 heterocycles. The molecule has 4 nitrogen and oxygen atoms in total. The van der Waals surface area contributed by atoms with Gasteiger partial charge in [0.25, 0.3) is 0 Å². The molecule has 88 valence electrons. The van der Waals surface area contributed by atoms with Crippen LogP contribution >= 0.6 is 0 Å². The van der Waals surface area contributed by atoms with E-state index in [1.54, 1.807) is 0 Å². The molecular formula is C11H20O4. The lowest BCUT2D eigenvalue weighted by Crippen LogP contribution is -2.66. The maximum absolute atomic E-state index is 5.72. The summed E-state index contributed by atoms with van der Waals surface area (Å²) >= 11 is 0. The minimum atomic E-state index is -0.287. The number of hydrogen-bond acceptors (Lipinski definition) is 4. The Morgan fingerprint density at radius 3 is 2.13 bits per heavy atom. The van der Waals surface area contributed by atoms with E-state index in [4.69, 9.17) is 18.9 Å². The zero-order valence-corrected chi connectivity index (χ0v) is 9.91. The summed E-state index contributed by atoms with van der Waals surface area (Å²) in [5, 5.41) is 0. The van der Waals surface area contributed by atoms with Gasteiger partial charge in [0.2, 0.25) is 0 Å². The van der Waals surface area contributed by atoms with Gasteiger partial charge in [0.05, 0.1) is 29.8 Å². The van der Waals surface area contributed by atoms with Crippen molar-refractivity contribution in [3.8, 4) is 0 Å². The molecule has 15 heavy (non-hydrogen) atoms. The Bertz CT molecular complexity index is 229. The number of rotatable bonds is 0.